The fraction of sp³-hybridized carbons (Fsp3) is 0.158. The molecule has 0 fully saturated rings. The van der Waals surface area contributed by atoms with Crippen LogP contribution >= 0.6 is 11.3 Å². The Kier molecular flexibility index (Phi) is 6.18. The second kappa shape index (κ2) is 8.96. The van der Waals surface area contributed by atoms with Gasteiger partial charge in [0, 0.05) is 22.7 Å². The number of hydrogen-bond donors (Lipinski definition) is 2. The van der Waals surface area contributed by atoms with Crippen molar-refractivity contribution in [2.24, 2.45) is 5.10 Å². The number of hydrogen-bond acceptors (Lipinski definition) is 7. The molecule has 0 aliphatic heterocycles. The number of nitrogens with one attached hydrogen (secondary N) is 2. The quantitative estimate of drug-likeness (QED) is 0.469. The molecule has 0 bridgehead atoms. The zero-order valence-corrected chi connectivity index (χ0v) is 16.1. The fourth-order valence-electron chi connectivity index (χ4n) is 2.43. The highest BCUT2D eigenvalue weighted by molar-refractivity contribution is 7.17. The topological polar surface area (TPSA) is 102 Å². The highest BCUT2D eigenvalue weighted by Gasteiger charge is 2.11. The van der Waals surface area contributed by atoms with Gasteiger partial charge in [-0.25, -0.2) is 5.43 Å². The maximum Gasteiger partial charge on any atom is 0.259 e. The third-order valence-electron chi connectivity index (χ3n) is 3.81. The minimum Gasteiger partial charge on any atom is -0.493 e. The number of methoxy groups -OCH3 is 2. The zero-order chi connectivity index (χ0) is 19.9. The summed E-state index contributed by atoms with van der Waals surface area (Å²) in [6.45, 7) is -0.215. The van der Waals surface area contributed by atoms with Gasteiger partial charge in [-0.15, -0.1) is 11.3 Å². The normalized spacial score (nSPS) is 10.8. The van der Waals surface area contributed by atoms with Crippen LogP contribution in [0.2, 0.25) is 0 Å². The Morgan fingerprint density at radius 2 is 2.04 bits per heavy atom. The monoisotopic (exact) mass is 398 g/mol. The molecule has 2 heterocycles. The van der Waals surface area contributed by atoms with Gasteiger partial charge in [-0.05, 0) is 30.3 Å². The lowest BCUT2D eigenvalue weighted by Gasteiger charge is -2.09. The van der Waals surface area contributed by atoms with Crippen molar-refractivity contribution in [2.75, 3.05) is 20.8 Å². The number of aromatic nitrogens is 1. The van der Waals surface area contributed by atoms with E-state index in [1.807, 2.05) is 17.5 Å². The first-order valence-corrected chi connectivity index (χ1v) is 9.14. The van der Waals surface area contributed by atoms with Crippen molar-refractivity contribution in [3.63, 3.8) is 0 Å². The third kappa shape index (κ3) is 4.44. The summed E-state index contributed by atoms with van der Waals surface area (Å²) in [5.41, 5.74) is 4.37. The van der Waals surface area contributed by atoms with Crippen molar-refractivity contribution >= 4 is 39.6 Å². The lowest BCUT2D eigenvalue weighted by Crippen LogP contribution is -2.34. The molecule has 0 radical (unpaired) electrons. The van der Waals surface area contributed by atoms with Crippen LogP contribution in [0, 0.1) is 0 Å². The largest absolute Gasteiger partial charge is 0.493 e. The summed E-state index contributed by atoms with van der Waals surface area (Å²) < 4.78 is 11.3. The van der Waals surface area contributed by atoms with E-state index in [0.717, 1.165) is 15.8 Å². The standard InChI is InChI=1S/C19H18N4O4S/c1-26-14-6-5-12(8-15(14)27-2)19(25)21-10-17(24)23-22-9-13-11-28-16-4-3-7-20-18(13)16/h3-9,11H,10H2,1-2H3,(H,21,25)(H,23,24)/b22-9+. The number of hydrazone groups is 1. The second-order valence-electron chi connectivity index (χ2n) is 5.59. The first kappa shape index (κ1) is 19.3. The van der Waals surface area contributed by atoms with E-state index in [9.17, 15) is 9.59 Å². The molecule has 3 rings (SSSR count). The number of benzene rings is 1. The van der Waals surface area contributed by atoms with Crippen LogP contribution < -0.4 is 20.2 Å². The molecular formula is C19H18N4O4S. The summed E-state index contributed by atoms with van der Waals surface area (Å²) in [4.78, 5) is 28.4. The Morgan fingerprint density at radius 3 is 2.82 bits per heavy atom. The Labute approximate surface area is 165 Å². The maximum absolute atomic E-state index is 12.2. The van der Waals surface area contributed by atoms with Crippen molar-refractivity contribution in [3.05, 3.63) is 53.0 Å². The van der Waals surface area contributed by atoms with E-state index >= 15 is 0 Å². The van der Waals surface area contributed by atoms with Gasteiger partial charge in [-0.3, -0.25) is 14.6 Å². The molecular weight excluding hydrogens is 380 g/mol. The van der Waals surface area contributed by atoms with Gasteiger partial charge in [-0.2, -0.15) is 5.10 Å². The van der Waals surface area contributed by atoms with Gasteiger partial charge in [0.25, 0.3) is 11.8 Å². The molecule has 0 spiro atoms. The van der Waals surface area contributed by atoms with E-state index in [1.54, 1.807) is 35.7 Å². The van der Waals surface area contributed by atoms with E-state index in [1.165, 1.54) is 20.4 Å². The number of nitrogens with zero attached hydrogens (tertiary/aromatic N) is 2. The average Bonchev–Trinajstić information content (AvgIpc) is 3.14. The Hall–Kier alpha value is -3.46. The highest BCUT2D eigenvalue weighted by atomic mass is 32.1. The van der Waals surface area contributed by atoms with E-state index in [2.05, 4.69) is 20.8 Å². The summed E-state index contributed by atoms with van der Waals surface area (Å²) in [6, 6.07) is 8.58. The molecule has 8 nitrogen and oxygen atoms in total. The van der Waals surface area contributed by atoms with Gasteiger partial charge in [0.15, 0.2) is 11.5 Å². The molecule has 0 saturated heterocycles. The van der Waals surface area contributed by atoms with Crippen molar-refractivity contribution in [1.82, 2.24) is 15.7 Å². The van der Waals surface area contributed by atoms with E-state index < -0.39 is 11.8 Å². The summed E-state index contributed by atoms with van der Waals surface area (Å²) in [7, 11) is 2.99. The van der Waals surface area contributed by atoms with Gasteiger partial charge >= 0.3 is 0 Å². The Balaban J connectivity index is 1.53. The zero-order valence-electron chi connectivity index (χ0n) is 15.3. The minimum atomic E-state index is -0.447. The molecule has 0 aliphatic carbocycles. The van der Waals surface area contributed by atoms with Gasteiger partial charge in [0.1, 0.15) is 0 Å². The van der Waals surface area contributed by atoms with Crippen LogP contribution in [0.25, 0.3) is 10.2 Å². The van der Waals surface area contributed by atoms with Crippen LogP contribution in [0.1, 0.15) is 15.9 Å². The van der Waals surface area contributed by atoms with E-state index in [-0.39, 0.29) is 6.54 Å². The fourth-order valence-corrected chi connectivity index (χ4v) is 3.30. The van der Waals surface area contributed by atoms with Crippen molar-refractivity contribution in [3.8, 4) is 11.5 Å². The number of rotatable bonds is 7. The summed E-state index contributed by atoms with van der Waals surface area (Å²) in [5.74, 6) is 0.0908. The number of carbonyl (C=O) groups is 2. The number of pyridine rings is 1. The molecule has 0 saturated carbocycles. The number of carbonyl (C=O) groups excluding carboxylic acids is 2. The molecule has 0 aliphatic rings. The molecule has 2 N–H and O–H groups in total. The molecule has 3 aromatic rings. The van der Waals surface area contributed by atoms with Crippen molar-refractivity contribution < 1.29 is 19.1 Å². The molecule has 0 unspecified atom stereocenters. The predicted octanol–water partition coefficient (Wildman–Crippen LogP) is 2.19. The van der Waals surface area contributed by atoms with E-state index in [4.69, 9.17) is 9.47 Å². The lowest BCUT2D eigenvalue weighted by molar-refractivity contribution is -0.120. The van der Waals surface area contributed by atoms with Gasteiger partial charge in [-0.1, -0.05) is 0 Å². The third-order valence-corrected chi connectivity index (χ3v) is 4.76. The smallest absolute Gasteiger partial charge is 0.259 e. The molecule has 0 atom stereocenters. The number of thiophene rings is 1. The maximum atomic E-state index is 12.2. The van der Waals surface area contributed by atoms with Crippen LogP contribution in [-0.4, -0.2) is 43.8 Å². The summed E-state index contributed by atoms with van der Waals surface area (Å²) in [6.07, 6.45) is 3.23. The van der Waals surface area contributed by atoms with Crippen LogP contribution in [0.5, 0.6) is 11.5 Å². The van der Waals surface area contributed by atoms with Crippen molar-refractivity contribution in [2.45, 2.75) is 0 Å². The highest BCUT2D eigenvalue weighted by Crippen LogP contribution is 2.27. The van der Waals surface area contributed by atoms with Crippen LogP contribution in [0.3, 0.4) is 0 Å². The number of ether oxygens (including phenoxy) is 2. The molecule has 1 aromatic carbocycles. The van der Waals surface area contributed by atoms with E-state index in [0.29, 0.717) is 17.1 Å². The first-order valence-electron chi connectivity index (χ1n) is 8.26. The summed E-state index contributed by atoms with van der Waals surface area (Å²) >= 11 is 1.55. The Bertz CT molecular complexity index is 1030. The van der Waals surface area contributed by atoms with Gasteiger partial charge in [0.05, 0.1) is 37.2 Å². The SMILES string of the molecule is COc1ccc(C(=O)NCC(=O)N/N=C/c2csc3cccnc23)cc1OC. The lowest BCUT2D eigenvalue weighted by atomic mass is 10.2. The number of amides is 2. The summed E-state index contributed by atoms with van der Waals surface area (Å²) in [5, 5.41) is 8.36. The molecule has 2 amide bonds. The van der Waals surface area contributed by atoms with Crippen LogP contribution in [0.4, 0.5) is 0 Å². The Morgan fingerprint density at radius 1 is 1.21 bits per heavy atom. The first-order chi connectivity index (χ1) is 13.6. The number of fused-ring (bicyclic) bond motifs is 1. The molecule has 9 heteroatoms. The second-order valence-corrected chi connectivity index (χ2v) is 6.50. The van der Waals surface area contributed by atoms with Crippen molar-refractivity contribution in [1.29, 1.82) is 0 Å². The van der Waals surface area contributed by atoms with Gasteiger partial charge in [0.2, 0.25) is 0 Å². The molecule has 28 heavy (non-hydrogen) atoms. The minimum absolute atomic E-state index is 0.215. The van der Waals surface area contributed by atoms with Crippen LogP contribution in [-0.2, 0) is 4.79 Å². The molecule has 144 valence electrons. The van der Waals surface area contributed by atoms with Crippen LogP contribution in [0.15, 0.2) is 47.0 Å². The average molecular weight is 398 g/mol. The predicted molar refractivity (Wildman–Crippen MR) is 107 cm³/mol. The molecule has 2 aromatic heterocycles. The van der Waals surface area contributed by atoms with Gasteiger partial charge < -0.3 is 14.8 Å².